The van der Waals surface area contributed by atoms with Crippen LogP contribution in [0.25, 0.3) is 0 Å². The van der Waals surface area contributed by atoms with E-state index in [2.05, 4.69) is 21.2 Å². The number of hydrogen-bond acceptors (Lipinski definition) is 1. The van der Waals surface area contributed by atoms with E-state index in [0.29, 0.717) is 12.1 Å². The predicted molar refractivity (Wildman–Crippen MR) is 81.2 cm³/mol. The fraction of sp³-hybridized carbons (Fsp3) is 0.188. The van der Waals surface area contributed by atoms with E-state index in [1.54, 1.807) is 0 Å². The van der Waals surface area contributed by atoms with Crippen molar-refractivity contribution in [1.82, 2.24) is 5.32 Å². The van der Waals surface area contributed by atoms with Crippen molar-refractivity contribution < 1.29 is 4.79 Å². The van der Waals surface area contributed by atoms with Crippen molar-refractivity contribution in [1.29, 1.82) is 0 Å². The van der Waals surface area contributed by atoms with Crippen LogP contribution in [0.2, 0.25) is 0 Å². The second-order valence-electron chi connectivity index (χ2n) is 4.69. The lowest BCUT2D eigenvalue weighted by Gasteiger charge is -2.07. The van der Waals surface area contributed by atoms with Gasteiger partial charge in [0.25, 0.3) is 5.91 Å². The van der Waals surface area contributed by atoms with Gasteiger partial charge < -0.3 is 5.32 Å². The molecule has 2 aromatic rings. The number of rotatable bonds is 3. The van der Waals surface area contributed by atoms with Gasteiger partial charge in [-0.25, -0.2) is 0 Å². The van der Waals surface area contributed by atoms with E-state index in [4.69, 9.17) is 0 Å². The molecule has 0 saturated heterocycles. The zero-order chi connectivity index (χ0) is 13.8. The summed E-state index contributed by atoms with van der Waals surface area (Å²) in [6.07, 6.45) is 0. The standard InChI is InChI=1S/C16H16BrNO/c1-11-3-5-13(6-4-11)10-18-16(19)14-7-12(2)8-15(17)9-14/h3-9H,10H2,1-2H3,(H,18,19). The van der Waals surface area contributed by atoms with E-state index in [1.807, 2.05) is 56.3 Å². The first-order valence-electron chi connectivity index (χ1n) is 6.15. The highest BCUT2D eigenvalue weighted by Gasteiger charge is 2.06. The van der Waals surface area contributed by atoms with Gasteiger partial charge in [-0.2, -0.15) is 0 Å². The highest BCUT2D eigenvalue weighted by molar-refractivity contribution is 9.10. The van der Waals surface area contributed by atoms with Gasteiger partial charge in [0, 0.05) is 16.6 Å². The fourth-order valence-electron chi connectivity index (χ4n) is 1.86. The zero-order valence-corrected chi connectivity index (χ0v) is 12.6. The quantitative estimate of drug-likeness (QED) is 0.911. The van der Waals surface area contributed by atoms with E-state index in [-0.39, 0.29) is 5.91 Å². The lowest BCUT2D eigenvalue weighted by Crippen LogP contribution is -2.22. The van der Waals surface area contributed by atoms with Gasteiger partial charge in [0.1, 0.15) is 0 Å². The second-order valence-corrected chi connectivity index (χ2v) is 5.60. The maximum Gasteiger partial charge on any atom is 0.251 e. The summed E-state index contributed by atoms with van der Waals surface area (Å²) in [5, 5.41) is 2.93. The van der Waals surface area contributed by atoms with Crippen LogP contribution in [0.3, 0.4) is 0 Å². The molecule has 0 aromatic heterocycles. The Labute approximate surface area is 122 Å². The minimum atomic E-state index is -0.0509. The van der Waals surface area contributed by atoms with Crippen LogP contribution in [0.1, 0.15) is 27.0 Å². The zero-order valence-electron chi connectivity index (χ0n) is 11.0. The Hall–Kier alpha value is -1.61. The molecule has 0 heterocycles. The molecule has 0 aliphatic heterocycles. The molecule has 2 nitrogen and oxygen atoms in total. The summed E-state index contributed by atoms with van der Waals surface area (Å²) < 4.78 is 0.924. The predicted octanol–water partition coefficient (Wildman–Crippen LogP) is 4.00. The minimum absolute atomic E-state index is 0.0509. The van der Waals surface area contributed by atoms with Crippen molar-refractivity contribution in [3.05, 3.63) is 69.2 Å². The Balaban J connectivity index is 2.03. The van der Waals surface area contributed by atoms with Crippen LogP contribution in [-0.2, 0) is 6.54 Å². The molecule has 19 heavy (non-hydrogen) atoms. The summed E-state index contributed by atoms with van der Waals surface area (Å²) in [6, 6.07) is 13.8. The highest BCUT2D eigenvalue weighted by Crippen LogP contribution is 2.15. The molecule has 0 radical (unpaired) electrons. The normalized spacial score (nSPS) is 10.3. The van der Waals surface area contributed by atoms with Crippen molar-refractivity contribution in [3.63, 3.8) is 0 Å². The number of amides is 1. The Morgan fingerprint density at radius 1 is 1.05 bits per heavy atom. The topological polar surface area (TPSA) is 29.1 Å². The summed E-state index contributed by atoms with van der Waals surface area (Å²) in [7, 11) is 0. The summed E-state index contributed by atoms with van der Waals surface area (Å²) in [5.74, 6) is -0.0509. The maximum absolute atomic E-state index is 12.1. The first-order valence-corrected chi connectivity index (χ1v) is 6.95. The van der Waals surface area contributed by atoms with Gasteiger partial charge in [-0.15, -0.1) is 0 Å². The molecule has 0 saturated carbocycles. The third-order valence-corrected chi connectivity index (χ3v) is 3.34. The van der Waals surface area contributed by atoms with Crippen LogP contribution in [0, 0.1) is 13.8 Å². The fourth-order valence-corrected chi connectivity index (χ4v) is 2.47. The number of hydrogen-bond donors (Lipinski definition) is 1. The first kappa shape index (κ1) is 13.8. The van der Waals surface area contributed by atoms with Gasteiger partial charge in [0.05, 0.1) is 0 Å². The summed E-state index contributed by atoms with van der Waals surface area (Å²) in [4.78, 5) is 12.1. The van der Waals surface area contributed by atoms with Gasteiger partial charge in [0.2, 0.25) is 0 Å². The smallest absolute Gasteiger partial charge is 0.251 e. The molecule has 0 unspecified atom stereocenters. The number of halogens is 1. The number of aryl methyl sites for hydroxylation is 2. The van der Waals surface area contributed by atoms with Gasteiger partial charge in [-0.3, -0.25) is 4.79 Å². The van der Waals surface area contributed by atoms with Crippen LogP contribution < -0.4 is 5.32 Å². The van der Waals surface area contributed by atoms with Crippen molar-refractivity contribution in [2.24, 2.45) is 0 Å². The number of carbonyl (C=O) groups is 1. The van der Waals surface area contributed by atoms with Crippen molar-refractivity contribution in [3.8, 4) is 0 Å². The van der Waals surface area contributed by atoms with Crippen molar-refractivity contribution in [2.75, 3.05) is 0 Å². The van der Waals surface area contributed by atoms with Crippen LogP contribution >= 0.6 is 15.9 Å². The molecule has 2 rings (SSSR count). The van der Waals surface area contributed by atoms with E-state index >= 15 is 0 Å². The molecule has 1 amide bonds. The minimum Gasteiger partial charge on any atom is -0.348 e. The molecular formula is C16H16BrNO. The van der Waals surface area contributed by atoms with E-state index in [9.17, 15) is 4.79 Å². The van der Waals surface area contributed by atoms with E-state index in [0.717, 1.165) is 15.6 Å². The molecular weight excluding hydrogens is 302 g/mol. The monoisotopic (exact) mass is 317 g/mol. The third-order valence-electron chi connectivity index (χ3n) is 2.88. The van der Waals surface area contributed by atoms with Crippen molar-refractivity contribution in [2.45, 2.75) is 20.4 Å². The lowest BCUT2D eigenvalue weighted by atomic mass is 10.1. The molecule has 0 spiro atoms. The summed E-state index contributed by atoms with van der Waals surface area (Å²) in [5.41, 5.74) is 4.07. The van der Waals surface area contributed by atoms with Crippen LogP contribution in [0.5, 0.6) is 0 Å². The van der Waals surface area contributed by atoms with Crippen LogP contribution in [-0.4, -0.2) is 5.91 Å². The highest BCUT2D eigenvalue weighted by atomic mass is 79.9. The van der Waals surface area contributed by atoms with Crippen molar-refractivity contribution >= 4 is 21.8 Å². The largest absolute Gasteiger partial charge is 0.348 e. The third kappa shape index (κ3) is 3.93. The molecule has 98 valence electrons. The van der Waals surface area contributed by atoms with E-state index in [1.165, 1.54) is 5.56 Å². The molecule has 0 fully saturated rings. The van der Waals surface area contributed by atoms with Gasteiger partial charge >= 0.3 is 0 Å². The van der Waals surface area contributed by atoms with Gasteiger partial charge in [-0.05, 0) is 43.2 Å². The Kier molecular flexibility index (Phi) is 4.38. The Bertz CT molecular complexity index is 570. The van der Waals surface area contributed by atoms with E-state index < -0.39 is 0 Å². The molecule has 1 N–H and O–H groups in total. The van der Waals surface area contributed by atoms with Crippen LogP contribution in [0.15, 0.2) is 46.9 Å². The van der Waals surface area contributed by atoms with Gasteiger partial charge in [0.15, 0.2) is 0 Å². The Morgan fingerprint density at radius 2 is 1.74 bits per heavy atom. The van der Waals surface area contributed by atoms with Crippen LogP contribution in [0.4, 0.5) is 0 Å². The molecule has 3 heteroatoms. The summed E-state index contributed by atoms with van der Waals surface area (Å²) in [6.45, 7) is 4.57. The lowest BCUT2D eigenvalue weighted by molar-refractivity contribution is 0.0951. The molecule has 0 aliphatic carbocycles. The average molecular weight is 318 g/mol. The maximum atomic E-state index is 12.1. The second kappa shape index (κ2) is 6.02. The number of benzene rings is 2. The Morgan fingerprint density at radius 3 is 2.37 bits per heavy atom. The molecule has 2 aromatic carbocycles. The number of carbonyl (C=O) groups excluding carboxylic acids is 1. The average Bonchev–Trinajstić information content (AvgIpc) is 2.36. The molecule has 0 aliphatic rings. The molecule has 0 bridgehead atoms. The SMILES string of the molecule is Cc1ccc(CNC(=O)c2cc(C)cc(Br)c2)cc1. The molecule has 0 atom stereocenters. The summed E-state index contributed by atoms with van der Waals surface area (Å²) >= 11 is 3.41. The number of nitrogens with one attached hydrogen (secondary N) is 1. The van der Waals surface area contributed by atoms with Gasteiger partial charge in [-0.1, -0.05) is 45.8 Å². The first-order chi connectivity index (χ1) is 9.04.